The van der Waals surface area contributed by atoms with Crippen molar-refractivity contribution in [3.05, 3.63) is 71.0 Å². The summed E-state index contributed by atoms with van der Waals surface area (Å²) < 4.78 is 19.1. The highest BCUT2D eigenvalue weighted by atomic mass is 19.1. The lowest BCUT2D eigenvalue weighted by Gasteiger charge is -2.14. The lowest BCUT2D eigenvalue weighted by molar-refractivity contribution is 0.0525. The van der Waals surface area contributed by atoms with E-state index < -0.39 is 0 Å². The Morgan fingerprint density at radius 3 is 2.58 bits per heavy atom. The molecule has 0 saturated heterocycles. The van der Waals surface area contributed by atoms with Crippen LogP contribution >= 0.6 is 0 Å². The van der Waals surface area contributed by atoms with E-state index in [1.54, 1.807) is 12.1 Å². The van der Waals surface area contributed by atoms with Gasteiger partial charge in [0.1, 0.15) is 5.82 Å². The standard InChI is InChI=1S/C16H18FNO/c1-12(14-5-3-2-4-6-14)19-11-13-7-8-16(17)15(9-13)10-18/h2-9,12H,10-11,18H2,1H3. The number of benzene rings is 2. The normalized spacial score (nSPS) is 12.4. The van der Waals surface area contributed by atoms with Crippen LogP contribution in [0.15, 0.2) is 48.5 Å². The first-order valence-electron chi connectivity index (χ1n) is 6.34. The Morgan fingerprint density at radius 2 is 1.89 bits per heavy atom. The summed E-state index contributed by atoms with van der Waals surface area (Å²) in [4.78, 5) is 0. The molecule has 2 nitrogen and oxygen atoms in total. The van der Waals surface area contributed by atoms with Crippen LogP contribution in [0.25, 0.3) is 0 Å². The maximum atomic E-state index is 13.3. The van der Waals surface area contributed by atoms with Crippen molar-refractivity contribution in [3.63, 3.8) is 0 Å². The second-order valence-corrected chi connectivity index (χ2v) is 4.49. The largest absolute Gasteiger partial charge is 0.369 e. The van der Waals surface area contributed by atoms with E-state index >= 15 is 0 Å². The summed E-state index contributed by atoms with van der Waals surface area (Å²) in [5.41, 5.74) is 8.07. The molecule has 2 aromatic rings. The molecule has 0 radical (unpaired) electrons. The first kappa shape index (κ1) is 13.7. The molecule has 0 aliphatic heterocycles. The molecule has 0 bridgehead atoms. The van der Waals surface area contributed by atoms with Gasteiger partial charge >= 0.3 is 0 Å². The van der Waals surface area contributed by atoms with Gasteiger partial charge in [0.15, 0.2) is 0 Å². The van der Waals surface area contributed by atoms with Crippen LogP contribution in [0.4, 0.5) is 4.39 Å². The van der Waals surface area contributed by atoms with Crippen molar-refractivity contribution in [2.45, 2.75) is 26.2 Å². The summed E-state index contributed by atoms with van der Waals surface area (Å²) in [7, 11) is 0. The predicted octanol–water partition coefficient (Wildman–Crippen LogP) is 3.56. The molecule has 19 heavy (non-hydrogen) atoms. The van der Waals surface area contributed by atoms with Crippen molar-refractivity contribution in [1.29, 1.82) is 0 Å². The second-order valence-electron chi connectivity index (χ2n) is 4.49. The van der Waals surface area contributed by atoms with Crippen LogP contribution in [-0.4, -0.2) is 0 Å². The van der Waals surface area contributed by atoms with Gasteiger partial charge in [0.2, 0.25) is 0 Å². The third kappa shape index (κ3) is 3.63. The smallest absolute Gasteiger partial charge is 0.127 e. The van der Waals surface area contributed by atoms with Crippen LogP contribution in [0, 0.1) is 5.82 Å². The van der Waals surface area contributed by atoms with Crippen LogP contribution in [-0.2, 0) is 17.9 Å². The van der Waals surface area contributed by atoms with Crippen LogP contribution in [0.5, 0.6) is 0 Å². The third-order valence-corrected chi connectivity index (χ3v) is 3.10. The predicted molar refractivity (Wildman–Crippen MR) is 73.9 cm³/mol. The van der Waals surface area contributed by atoms with Gasteiger partial charge in [-0.2, -0.15) is 0 Å². The average Bonchev–Trinajstić information content (AvgIpc) is 2.47. The number of ether oxygens (including phenoxy) is 1. The highest BCUT2D eigenvalue weighted by Gasteiger charge is 2.07. The second kappa shape index (κ2) is 6.45. The van der Waals surface area contributed by atoms with Gasteiger partial charge in [0.05, 0.1) is 12.7 Å². The van der Waals surface area contributed by atoms with Gasteiger partial charge < -0.3 is 10.5 Å². The molecule has 0 saturated carbocycles. The molecule has 0 aliphatic carbocycles. The van der Waals surface area contributed by atoms with Crippen LogP contribution in [0.1, 0.15) is 29.7 Å². The van der Waals surface area contributed by atoms with E-state index in [1.807, 2.05) is 37.3 Å². The molecule has 1 unspecified atom stereocenters. The minimum Gasteiger partial charge on any atom is -0.369 e. The Balaban J connectivity index is 1.99. The van der Waals surface area contributed by atoms with E-state index in [9.17, 15) is 4.39 Å². The molecule has 2 rings (SSSR count). The molecule has 0 amide bonds. The van der Waals surface area contributed by atoms with Gasteiger partial charge in [-0.25, -0.2) is 4.39 Å². The fourth-order valence-corrected chi connectivity index (χ4v) is 1.92. The summed E-state index contributed by atoms with van der Waals surface area (Å²) in [5.74, 6) is -0.262. The Labute approximate surface area is 113 Å². The van der Waals surface area contributed by atoms with Gasteiger partial charge in [0.25, 0.3) is 0 Å². The van der Waals surface area contributed by atoms with Crippen molar-refractivity contribution in [1.82, 2.24) is 0 Å². The first-order chi connectivity index (χ1) is 9.20. The Kier molecular flexibility index (Phi) is 4.66. The van der Waals surface area contributed by atoms with Gasteiger partial charge in [-0.3, -0.25) is 0 Å². The molecule has 1 atom stereocenters. The topological polar surface area (TPSA) is 35.2 Å². The molecule has 100 valence electrons. The third-order valence-electron chi connectivity index (χ3n) is 3.10. The van der Waals surface area contributed by atoms with E-state index in [4.69, 9.17) is 10.5 Å². The van der Waals surface area contributed by atoms with Crippen molar-refractivity contribution >= 4 is 0 Å². The molecule has 0 aromatic heterocycles. The first-order valence-corrected chi connectivity index (χ1v) is 6.34. The van der Waals surface area contributed by atoms with Crippen molar-refractivity contribution in [2.24, 2.45) is 5.73 Å². The SMILES string of the molecule is CC(OCc1ccc(F)c(CN)c1)c1ccccc1. The maximum absolute atomic E-state index is 13.3. The van der Waals surface area contributed by atoms with Crippen molar-refractivity contribution in [2.75, 3.05) is 0 Å². The molecule has 0 spiro atoms. The highest BCUT2D eigenvalue weighted by Crippen LogP contribution is 2.19. The number of halogens is 1. The molecule has 2 N–H and O–H groups in total. The van der Waals surface area contributed by atoms with E-state index in [0.29, 0.717) is 12.2 Å². The highest BCUT2D eigenvalue weighted by molar-refractivity contribution is 5.24. The van der Waals surface area contributed by atoms with E-state index in [2.05, 4.69) is 0 Å². The fraction of sp³-hybridized carbons (Fsp3) is 0.250. The lowest BCUT2D eigenvalue weighted by Crippen LogP contribution is -2.03. The lowest BCUT2D eigenvalue weighted by atomic mass is 10.1. The Bertz CT molecular complexity index is 528. The van der Waals surface area contributed by atoms with Crippen LogP contribution in [0.3, 0.4) is 0 Å². The molecule has 2 aromatic carbocycles. The number of hydrogen-bond acceptors (Lipinski definition) is 2. The van der Waals surface area contributed by atoms with E-state index in [0.717, 1.165) is 11.1 Å². The zero-order valence-corrected chi connectivity index (χ0v) is 11.0. The molecule has 0 aliphatic rings. The van der Waals surface area contributed by atoms with Gasteiger partial charge in [-0.1, -0.05) is 36.4 Å². The van der Waals surface area contributed by atoms with Crippen molar-refractivity contribution < 1.29 is 9.13 Å². The quantitative estimate of drug-likeness (QED) is 0.891. The summed E-state index contributed by atoms with van der Waals surface area (Å²) in [5, 5.41) is 0. The van der Waals surface area contributed by atoms with E-state index in [-0.39, 0.29) is 18.5 Å². The van der Waals surface area contributed by atoms with Gasteiger partial charge in [0, 0.05) is 12.1 Å². The minimum absolute atomic E-state index is 0.00702. The monoisotopic (exact) mass is 259 g/mol. The fourth-order valence-electron chi connectivity index (χ4n) is 1.92. The summed E-state index contributed by atoms with van der Waals surface area (Å²) in [6.07, 6.45) is 0.00702. The molecular weight excluding hydrogens is 241 g/mol. The number of hydrogen-bond donors (Lipinski definition) is 1. The minimum atomic E-state index is -0.262. The molecule has 0 fully saturated rings. The van der Waals surface area contributed by atoms with Gasteiger partial charge in [-0.05, 0) is 30.2 Å². The average molecular weight is 259 g/mol. The summed E-state index contributed by atoms with van der Waals surface area (Å²) in [6, 6.07) is 14.9. The Morgan fingerprint density at radius 1 is 1.16 bits per heavy atom. The summed E-state index contributed by atoms with van der Waals surface area (Å²) in [6.45, 7) is 2.65. The molecule has 3 heteroatoms. The Hall–Kier alpha value is -1.71. The zero-order chi connectivity index (χ0) is 13.7. The van der Waals surface area contributed by atoms with E-state index in [1.165, 1.54) is 6.07 Å². The molecular formula is C16H18FNO. The van der Waals surface area contributed by atoms with Crippen LogP contribution in [0.2, 0.25) is 0 Å². The van der Waals surface area contributed by atoms with Crippen molar-refractivity contribution in [3.8, 4) is 0 Å². The van der Waals surface area contributed by atoms with Crippen LogP contribution < -0.4 is 5.73 Å². The molecule has 0 heterocycles. The number of nitrogens with two attached hydrogens (primary N) is 1. The zero-order valence-electron chi connectivity index (χ0n) is 11.0. The van der Waals surface area contributed by atoms with Gasteiger partial charge in [-0.15, -0.1) is 0 Å². The number of rotatable bonds is 5. The maximum Gasteiger partial charge on any atom is 0.127 e. The summed E-state index contributed by atoms with van der Waals surface area (Å²) >= 11 is 0.